The van der Waals surface area contributed by atoms with Gasteiger partial charge in [0.25, 0.3) is 5.91 Å². The number of rotatable bonds is 3. The summed E-state index contributed by atoms with van der Waals surface area (Å²) in [5.41, 5.74) is 4.77. The predicted octanol–water partition coefficient (Wildman–Crippen LogP) is -0.0140. The van der Waals surface area contributed by atoms with Crippen LogP contribution in [0.5, 0.6) is 0 Å². The number of methoxy groups -OCH3 is 1. The first-order valence-corrected chi connectivity index (χ1v) is 5.60. The van der Waals surface area contributed by atoms with E-state index in [1.165, 1.54) is 0 Å². The van der Waals surface area contributed by atoms with Crippen molar-refractivity contribution in [3.8, 4) is 0 Å². The predicted molar refractivity (Wildman–Crippen MR) is 61.1 cm³/mol. The Balaban J connectivity index is 2.73. The van der Waals surface area contributed by atoms with Gasteiger partial charge in [-0.2, -0.15) is 0 Å². The maximum Gasteiger partial charge on any atom is 0.254 e. The summed E-state index contributed by atoms with van der Waals surface area (Å²) in [5.74, 6) is -0.00995. The van der Waals surface area contributed by atoms with Crippen molar-refractivity contribution >= 4 is 5.91 Å². The highest BCUT2D eigenvalue weighted by Gasteiger charge is 2.37. The number of nitrogens with two attached hydrogens (primary N) is 1. The van der Waals surface area contributed by atoms with Crippen molar-refractivity contribution < 1.29 is 14.3 Å². The molecule has 0 aromatic carbocycles. The molecule has 0 aromatic rings. The number of hydrogen-bond donors (Lipinski definition) is 1. The van der Waals surface area contributed by atoms with Gasteiger partial charge in [0, 0.05) is 20.2 Å². The van der Waals surface area contributed by atoms with E-state index in [1.54, 1.807) is 25.9 Å². The molecule has 1 amide bonds. The second kappa shape index (κ2) is 5.12. The molecule has 0 aliphatic carbocycles. The third kappa shape index (κ3) is 2.72. The standard InChI is InChI=1S/C11H22N2O3/c1-8-7-16-9(5-12)6-13(8)10(14)11(2,3)15-4/h8-9H,5-7,12H2,1-4H3. The third-order valence-corrected chi connectivity index (χ3v) is 3.05. The SMILES string of the molecule is COC(C)(C)C(=O)N1CC(CN)OCC1C. The maximum absolute atomic E-state index is 12.2. The zero-order chi connectivity index (χ0) is 12.3. The van der Waals surface area contributed by atoms with Crippen molar-refractivity contribution in [1.82, 2.24) is 4.90 Å². The Labute approximate surface area is 96.9 Å². The first kappa shape index (κ1) is 13.4. The molecule has 2 atom stereocenters. The van der Waals surface area contributed by atoms with Gasteiger partial charge in [-0.25, -0.2) is 0 Å². The van der Waals surface area contributed by atoms with Crippen LogP contribution in [0.4, 0.5) is 0 Å². The van der Waals surface area contributed by atoms with Gasteiger partial charge in [-0.1, -0.05) is 0 Å². The molecule has 5 heteroatoms. The lowest BCUT2D eigenvalue weighted by Gasteiger charge is -2.41. The van der Waals surface area contributed by atoms with Crippen LogP contribution in [0.3, 0.4) is 0 Å². The van der Waals surface area contributed by atoms with Crippen molar-refractivity contribution in [2.75, 3.05) is 26.8 Å². The Morgan fingerprint density at radius 3 is 2.75 bits per heavy atom. The number of morpholine rings is 1. The Bertz CT molecular complexity index is 256. The van der Waals surface area contributed by atoms with Gasteiger partial charge >= 0.3 is 0 Å². The summed E-state index contributed by atoms with van der Waals surface area (Å²) in [6, 6.07) is 0.0738. The van der Waals surface area contributed by atoms with Crippen molar-refractivity contribution in [3.63, 3.8) is 0 Å². The summed E-state index contributed by atoms with van der Waals surface area (Å²) < 4.78 is 10.7. The van der Waals surface area contributed by atoms with Crippen molar-refractivity contribution in [3.05, 3.63) is 0 Å². The smallest absolute Gasteiger partial charge is 0.254 e. The Hall–Kier alpha value is -0.650. The molecular weight excluding hydrogens is 208 g/mol. The largest absolute Gasteiger partial charge is 0.373 e. The van der Waals surface area contributed by atoms with Crippen LogP contribution in [0, 0.1) is 0 Å². The normalized spacial score (nSPS) is 26.9. The summed E-state index contributed by atoms with van der Waals surface area (Å²) in [6.45, 7) is 7.03. The highest BCUT2D eigenvalue weighted by Crippen LogP contribution is 2.18. The minimum atomic E-state index is -0.787. The van der Waals surface area contributed by atoms with Crippen LogP contribution in [0.15, 0.2) is 0 Å². The molecule has 1 aliphatic rings. The van der Waals surface area contributed by atoms with Gasteiger partial charge in [0.2, 0.25) is 0 Å². The van der Waals surface area contributed by atoms with E-state index in [0.717, 1.165) is 0 Å². The van der Waals surface area contributed by atoms with Gasteiger partial charge in [-0.15, -0.1) is 0 Å². The highest BCUT2D eigenvalue weighted by molar-refractivity contribution is 5.84. The van der Waals surface area contributed by atoms with Gasteiger partial charge in [-0.3, -0.25) is 4.79 Å². The molecule has 1 fully saturated rings. The molecule has 0 aromatic heterocycles. The van der Waals surface area contributed by atoms with Crippen LogP contribution in [-0.2, 0) is 14.3 Å². The number of carbonyl (C=O) groups is 1. The molecule has 5 nitrogen and oxygen atoms in total. The maximum atomic E-state index is 12.2. The molecule has 0 bridgehead atoms. The van der Waals surface area contributed by atoms with Crippen LogP contribution < -0.4 is 5.73 Å². The average molecular weight is 230 g/mol. The lowest BCUT2D eigenvalue weighted by molar-refractivity contribution is -0.162. The number of ether oxygens (including phenoxy) is 2. The lowest BCUT2D eigenvalue weighted by atomic mass is 10.0. The van der Waals surface area contributed by atoms with Crippen molar-refractivity contribution in [1.29, 1.82) is 0 Å². The summed E-state index contributed by atoms with van der Waals surface area (Å²) in [7, 11) is 1.55. The minimum absolute atomic E-state index is 0.00995. The number of amides is 1. The molecule has 1 aliphatic heterocycles. The molecule has 0 spiro atoms. The van der Waals surface area contributed by atoms with Crippen LogP contribution in [0.1, 0.15) is 20.8 Å². The molecule has 1 rings (SSSR count). The Morgan fingerprint density at radius 1 is 1.62 bits per heavy atom. The first-order valence-electron chi connectivity index (χ1n) is 5.60. The van der Waals surface area contributed by atoms with E-state index in [2.05, 4.69) is 0 Å². The number of hydrogen-bond acceptors (Lipinski definition) is 4. The van der Waals surface area contributed by atoms with Gasteiger partial charge in [-0.05, 0) is 20.8 Å². The van der Waals surface area contributed by atoms with Gasteiger partial charge in [0.15, 0.2) is 0 Å². The summed E-state index contributed by atoms with van der Waals surface area (Å²) in [4.78, 5) is 14.0. The zero-order valence-corrected chi connectivity index (χ0v) is 10.5. The topological polar surface area (TPSA) is 64.8 Å². The minimum Gasteiger partial charge on any atom is -0.373 e. The molecule has 2 unspecified atom stereocenters. The van der Waals surface area contributed by atoms with Crippen LogP contribution in [0.2, 0.25) is 0 Å². The number of nitrogens with zero attached hydrogens (tertiary/aromatic N) is 1. The van der Waals surface area contributed by atoms with E-state index in [-0.39, 0.29) is 18.1 Å². The van der Waals surface area contributed by atoms with E-state index < -0.39 is 5.60 Å². The molecule has 94 valence electrons. The monoisotopic (exact) mass is 230 g/mol. The molecule has 0 radical (unpaired) electrons. The Kier molecular flexibility index (Phi) is 4.29. The third-order valence-electron chi connectivity index (χ3n) is 3.05. The fourth-order valence-electron chi connectivity index (χ4n) is 1.68. The summed E-state index contributed by atoms with van der Waals surface area (Å²) in [5, 5.41) is 0. The first-order chi connectivity index (χ1) is 7.42. The van der Waals surface area contributed by atoms with Crippen molar-refractivity contribution in [2.24, 2.45) is 5.73 Å². The lowest BCUT2D eigenvalue weighted by Crippen LogP contribution is -2.58. The Morgan fingerprint density at radius 2 is 2.25 bits per heavy atom. The molecule has 16 heavy (non-hydrogen) atoms. The van der Waals surface area contributed by atoms with E-state index in [4.69, 9.17) is 15.2 Å². The second-order valence-electron chi connectivity index (χ2n) is 4.71. The molecule has 2 N–H and O–H groups in total. The average Bonchev–Trinajstić information content (AvgIpc) is 2.29. The second-order valence-corrected chi connectivity index (χ2v) is 4.71. The van der Waals surface area contributed by atoms with E-state index in [0.29, 0.717) is 19.7 Å². The molecule has 1 saturated heterocycles. The zero-order valence-electron chi connectivity index (χ0n) is 10.5. The van der Waals surface area contributed by atoms with Crippen LogP contribution in [-0.4, -0.2) is 55.4 Å². The summed E-state index contributed by atoms with van der Waals surface area (Å²) >= 11 is 0. The van der Waals surface area contributed by atoms with Crippen molar-refractivity contribution in [2.45, 2.75) is 38.5 Å². The molecule has 0 saturated carbocycles. The summed E-state index contributed by atoms with van der Waals surface area (Å²) in [6.07, 6.45) is -0.0622. The van der Waals surface area contributed by atoms with Crippen LogP contribution >= 0.6 is 0 Å². The fraction of sp³-hybridized carbons (Fsp3) is 0.909. The molecule has 1 heterocycles. The van der Waals surface area contributed by atoms with E-state index in [1.807, 2.05) is 6.92 Å². The van der Waals surface area contributed by atoms with Gasteiger partial charge < -0.3 is 20.1 Å². The molecular formula is C11H22N2O3. The fourth-order valence-corrected chi connectivity index (χ4v) is 1.68. The van der Waals surface area contributed by atoms with E-state index in [9.17, 15) is 4.79 Å². The van der Waals surface area contributed by atoms with E-state index >= 15 is 0 Å². The number of carbonyl (C=O) groups excluding carboxylic acids is 1. The highest BCUT2D eigenvalue weighted by atomic mass is 16.5. The van der Waals surface area contributed by atoms with Gasteiger partial charge in [0.1, 0.15) is 5.60 Å². The van der Waals surface area contributed by atoms with Crippen LogP contribution in [0.25, 0.3) is 0 Å². The van der Waals surface area contributed by atoms with Gasteiger partial charge in [0.05, 0.1) is 18.8 Å². The quantitative estimate of drug-likeness (QED) is 0.740.